The van der Waals surface area contributed by atoms with Crippen molar-refractivity contribution in [3.63, 3.8) is 0 Å². The van der Waals surface area contributed by atoms with Crippen LogP contribution in [0.4, 0.5) is 11.8 Å². The number of hydrogen-bond acceptors (Lipinski definition) is 5. The van der Waals surface area contributed by atoms with Crippen molar-refractivity contribution in [1.82, 2.24) is 9.97 Å². The summed E-state index contributed by atoms with van der Waals surface area (Å²) < 4.78 is 5.88. The van der Waals surface area contributed by atoms with Gasteiger partial charge in [0.2, 0.25) is 5.95 Å². The van der Waals surface area contributed by atoms with Crippen molar-refractivity contribution in [2.75, 3.05) is 23.7 Å². The second-order valence-corrected chi connectivity index (χ2v) is 5.26. The Morgan fingerprint density at radius 3 is 3.00 bits per heavy atom. The van der Waals surface area contributed by atoms with Gasteiger partial charge in [0, 0.05) is 13.0 Å². The molecular formula is C15H17ClN4O. The van der Waals surface area contributed by atoms with Crippen LogP contribution in [0.25, 0.3) is 0 Å². The molecule has 1 aliphatic rings. The van der Waals surface area contributed by atoms with Crippen molar-refractivity contribution < 1.29 is 4.74 Å². The quantitative estimate of drug-likeness (QED) is 0.889. The van der Waals surface area contributed by atoms with Gasteiger partial charge in [0.1, 0.15) is 16.9 Å². The largest absolute Gasteiger partial charge is 0.488 e. The zero-order valence-corrected chi connectivity index (χ0v) is 12.5. The zero-order chi connectivity index (χ0) is 14.7. The van der Waals surface area contributed by atoms with E-state index in [4.69, 9.17) is 16.3 Å². The normalized spacial score (nSPS) is 16.2. The highest BCUT2D eigenvalue weighted by Gasteiger charge is 2.22. The van der Waals surface area contributed by atoms with E-state index in [2.05, 4.69) is 26.7 Å². The summed E-state index contributed by atoms with van der Waals surface area (Å²) in [6, 6.07) is 8.10. The number of rotatable bonds is 5. The Labute approximate surface area is 128 Å². The summed E-state index contributed by atoms with van der Waals surface area (Å²) in [4.78, 5) is 8.47. The lowest BCUT2D eigenvalue weighted by Gasteiger charge is -2.13. The van der Waals surface area contributed by atoms with Gasteiger partial charge in [0.05, 0.1) is 12.7 Å². The van der Waals surface area contributed by atoms with Gasteiger partial charge in [0.15, 0.2) is 5.82 Å². The number of nitrogens with zero attached hydrogens (tertiary/aromatic N) is 2. The summed E-state index contributed by atoms with van der Waals surface area (Å²) in [5, 5.41) is 6.81. The fourth-order valence-electron chi connectivity index (χ4n) is 2.31. The first-order valence-corrected chi connectivity index (χ1v) is 7.39. The molecule has 0 radical (unpaired) electrons. The van der Waals surface area contributed by atoms with E-state index in [1.54, 1.807) is 6.20 Å². The minimum Gasteiger partial charge on any atom is -0.488 e. The smallest absolute Gasteiger partial charge is 0.224 e. The first kappa shape index (κ1) is 13.9. The molecule has 1 aromatic heterocycles. The molecule has 1 aliphatic heterocycles. The molecule has 2 heterocycles. The Kier molecular flexibility index (Phi) is 4.10. The van der Waals surface area contributed by atoms with Crippen molar-refractivity contribution in [2.24, 2.45) is 0 Å². The number of ether oxygens (including phenoxy) is 1. The Morgan fingerprint density at radius 1 is 1.33 bits per heavy atom. The number of benzene rings is 1. The second-order valence-electron chi connectivity index (χ2n) is 4.85. The highest BCUT2D eigenvalue weighted by Crippen LogP contribution is 2.28. The van der Waals surface area contributed by atoms with E-state index in [1.807, 2.05) is 25.1 Å². The van der Waals surface area contributed by atoms with Crippen molar-refractivity contribution in [3.05, 3.63) is 41.0 Å². The molecule has 1 aromatic carbocycles. The van der Waals surface area contributed by atoms with E-state index < -0.39 is 0 Å². The van der Waals surface area contributed by atoms with Crippen LogP contribution in [0.1, 0.15) is 12.5 Å². The molecule has 6 heteroatoms. The van der Waals surface area contributed by atoms with Gasteiger partial charge in [-0.05, 0) is 18.6 Å². The maximum atomic E-state index is 6.11. The number of aromatic nitrogens is 2. The number of anilines is 2. The van der Waals surface area contributed by atoms with Gasteiger partial charge in [-0.15, -0.1) is 0 Å². The fraction of sp³-hybridized carbons (Fsp3) is 0.333. The summed E-state index contributed by atoms with van der Waals surface area (Å²) in [7, 11) is 0. The Hall–Kier alpha value is -2.01. The molecule has 3 rings (SSSR count). The predicted octanol–water partition coefficient (Wildman–Crippen LogP) is 2.98. The topological polar surface area (TPSA) is 59.1 Å². The summed E-state index contributed by atoms with van der Waals surface area (Å²) in [5.74, 6) is 2.16. The molecule has 0 saturated carbocycles. The minimum atomic E-state index is 0.0935. The maximum Gasteiger partial charge on any atom is 0.224 e. The number of nitrogens with one attached hydrogen (secondary N) is 2. The van der Waals surface area contributed by atoms with E-state index in [0.29, 0.717) is 23.3 Å². The summed E-state index contributed by atoms with van der Waals surface area (Å²) in [6.45, 7) is 3.41. The van der Waals surface area contributed by atoms with Crippen LogP contribution in [0.5, 0.6) is 5.75 Å². The van der Waals surface area contributed by atoms with E-state index in [9.17, 15) is 0 Å². The Balaban J connectivity index is 1.62. The second kappa shape index (κ2) is 6.18. The Bertz CT molecular complexity index is 610. The van der Waals surface area contributed by atoms with E-state index in [1.165, 1.54) is 5.56 Å². The lowest BCUT2D eigenvalue weighted by Crippen LogP contribution is -2.24. The molecule has 21 heavy (non-hydrogen) atoms. The first-order chi connectivity index (χ1) is 10.3. The molecule has 110 valence electrons. The standard InChI is InChI=1S/C15H17ClN4O/c1-2-17-15-19-9-12(16)14(20-15)18-8-11-7-10-5-3-4-6-13(10)21-11/h3-6,9,11H,2,7-8H2,1H3,(H2,17,18,19,20). The molecule has 0 saturated heterocycles. The van der Waals surface area contributed by atoms with Crippen LogP contribution < -0.4 is 15.4 Å². The summed E-state index contributed by atoms with van der Waals surface area (Å²) in [6.07, 6.45) is 2.58. The molecule has 0 amide bonds. The number of hydrogen-bond donors (Lipinski definition) is 2. The van der Waals surface area contributed by atoms with Crippen molar-refractivity contribution in [2.45, 2.75) is 19.4 Å². The third-order valence-electron chi connectivity index (χ3n) is 3.29. The first-order valence-electron chi connectivity index (χ1n) is 7.01. The van der Waals surface area contributed by atoms with E-state index >= 15 is 0 Å². The molecule has 5 nitrogen and oxygen atoms in total. The predicted molar refractivity (Wildman–Crippen MR) is 84.3 cm³/mol. The van der Waals surface area contributed by atoms with Gasteiger partial charge in [-0.1, -0.05) is 29.8 Å². The third kappa shape index (κ3) is 3.19. The number of halogens is 1. The fourth-order valence-corrected chi connectivity index (χ4v) is 2.47. The Morgan fingerprint density at radius 2 is 2.19 bits per heavy atom. The summed E-state index contributed by atoms with van der Waals surface area (Å²) >= 11 is 6.11. The van der Waals surface area contributed by atoms with Crippen LogP contribution >= 0.6 is 11.6 Å². The SMILES string of the molecule is CCNc1ncc(Cl)c(NCC2Cc3ccccc3O2)n1. The van der Waals surface area contributed by atoms with Gasteiger partial charge >= 0.3 is 0 Å². The van der Waals surface area contributed by atoms with E-state index in [0.717, 1.165) is 18.7 Å². The monoisotopic (exact) mass is 304 g/mol. The number of fused-ring (bicyclic) bond motifs is 1. The van der Waals surface area contributed by atoms with Crippen molar-refractivity contribution in [3.8, 4) is 5.75 Å². The van der Waals surface area contributed by atoms with Gasteiger partial charge in [-0.2, -0.15) is 4.98 Å². The maximum absolute atomic E-state index is 6.11. The van der Waals surface area contributed by atoms with Crippen LogP contribution in [0.15, 0.2) is 30.5 Å². The third-order valence-corrected chi connectivity index (χ3v) is 3.57. The average molecular weight is 305 g/mol. The lowest BCUT2D eigenvalue weighted by molar-refractivity contribution is 0.246. The molecule has 2 N–H and O–H groups in total. The molecular weight excluding hydrogens is 288 g/mol. The highest BCUT2D eigenvalue weighted by molar-refractivity contribution is 6.32. The van der Waals surface area contributed by atoms with Gasteiger partial charge < -0.3 is 15.4 Å². The molecule has 2 aromatic rings. The molecule has 0 fully saturated rings. The van der Waals surface area contributed by atoms with Crippen LogP contribution in [0.2, 0.25) is 5.02 Å². The molecule has 0 spiro atoms. The molecule has 1 atom stereocenters. The highest BCUT2D eigenvalue weighted by atomic mass is 35.5. The van der Waals surface area contributed by atoms with Crippen molar-refractivity contribution >= 4 is 23.4 Å². The van der Waals surface area contributed by atoms with Crippen molar-refractivity contribution in [1.29, 1.82) is 0 Å². The molecule has 0 bridgehead atoms. The lowest BCUT2D eigenvalue weighted by atomic mass is 10.1. The number of para-hydroxylation sites is 1. The summed E-state index contributed by atoms with van der Waals surface area (Å²) in [5.41, 5.74) is 1.24. The van der Waals surface area contributed by atoms with Crippen LogP contribution in [0, 0.1) is 0 Å². The van der Waals surface area contributed by atoms with E-state index in [-0.39, 0.29) is 6.10 Å². The van der Waals surface area contributed by atoms with Gasteiger partial charge in [-0.25, -0.2) is 4.98 Å². The zero-order valence-electron chi connectivity index (χ0n) is 11.8. The van der Waals surface area contributed by atoms with Crippen LogP contribution in [-0.4, -0.2) is 29.2 Å². The minimum absolute atomic E-state index is 0.0935. The van der Waals surface area contributed by atoms with Gasteiger partial charge in [-0.3, -0.25) is 0 Å². The van der Waals surface area contributed by atoms with Gasteiger partial charge in [0.25, 0.3) is 0 Å². The average Bonchev–Trinajstić information content (AvgIpc) is 2.91. The van der Waals surface area contributed by atoms with Crippen LogP contribution in [0.3, 0.4) is 0 Å². The molecule has 0 aliphatic carbocycles. The molecule has 1 unspecified atom stereocenters. The van der Waals surface area contributed by atoms with Crippen LogP contribution in [-0.2, 0) is 6.42 Å².